The topological polar surface area (TPSA) is 4.44 Å². The highest BCUT2D eigenvalue weighted by Crippen LogP contribution is 2.13. The van der Waals surface area contributed by atoms with Crippen molar-refractivity contribution in [2.24, 2.45) is 11.8 Å². The fourth-order valence-corrected chi connectivity index (χ4v) is 1.63. The molecule has 1 aliphatic rings. The highest BCUT2D eigenvalue weighted by molar-refractivity contribution is 5.19. The Hall–Kier alpha value is -0.560. The molecule has 0 amide bonds. The van der Waals surface area contributed by atoms with Crippen molar-refractivity contribution in [2.75, 3.05) is 0 Å². The van der Waals surface area contributed by atoms with Crippen molar-refractivity contribution in [3.8, 4) is 0 Å². The molecule has 0 atom stereocenters. The highest BCUT2D eigenvalue weighted by Gasteiger charge is 2.21. The van der Waals surface area contributed by atoms with E-state index in [9.17, 15) is 0 Å². The van der Waals surface area contributed by atoms with Gasteiger partial charge < -0.3 is 4.90 Å². The lowest BCUT2D eigenvalue weighted by molar-refractivity contribution is -0.774. The van der Waals surface area contributed by atoms with Gasteiger partial charge in [-0.2, -0.15) is 0 Å². The van der Waals surface area contributed by atoms with Crippen LogP contribution in [0.4, 0.5) is 0 Å². The van der Waals surface area contributed by atoms with Crippen molar-refractivity contribution >= 4 is 0 Å². The van der Waals surface area contributed by atoms with Crippen molar-refractivity contribution in [1.29, 1.82) is 0 Å². The third-order valence-corrected chi connectivity index (χ3v) is 2.38. The fourth-order valence-electron chi connectivity index (χ4n) is 1.63. The average molecular weight is 165 g/mol. The second-order valence-corrected chi connectivity index (χ2v) is 4.03. The lowest BCUT2D eigenvalue weighted by atomic mass is 10.1. The van der Waals surface area contributed by atoms with Crippen LogP contribution >= 0.6 is 0 Å². The molecule has 68 valence electrons. The van der Waals surface area contributed by atoms with Crippen LogP contribution in [0.1, 0.15) is 27.7 Å². The Balaban J connectivity index is 2.72. The Kier molecular flexibility index (Phi) is 2.73. The van der Waals surface area contributed by atoms with Crippen LogP contribution in [0.15, 0.2) is 23.5 Å². The first kappa shape index (κ1) is 9.53. The van der Waals surface area contributed by atoms with E-state index in [-0.39, 0.29) is 0 Å². The molecule has 0 saturated carbocycles. The molecular formula is C11H19N. The van der Waals surface area contributed by atoms with Crippen molar-refractivity contribution in [3.05, 3.63) is 30.6 Å². The van der Waals surface area contributed by atoms with E-state index in [4.69, 9.17) is 0 Å². The van der Waals surface area contributed by atoms with Crippen molar-refractivity contribution in [1.82, 2.24) is 0 Å². The number of hydrogen-bond donors (Lipinski definition) is 1. The van der Waals surface area contributed by atoms with E-state index >= 15 is 0 Å². The van der Waals surface area contributed by atoms with Gasteiger partial charge in [0.1, 0.15) is 0 Å². The van der Waals surface area contributed by atoms with E-state index in [0.29, 0.717) is 11.8 Å². The second-order valence-electron chi connectivity index (χ2n) is 4.03. The molecule has 0 aromatic carbocycles. The molecular weight excluding hydrogens is 146 g/mol. The molecule has 0 fully saturated rings. The van der Waals surface area contributed by atoms with Gasteiger partial charge in [-0.15, -0.1) is 7.05 Å². The third-order valence-electron chi connectivity index (χ3n) is 2.38. The van der Waals surface area contributed by atoms with Crippen molar-refractivity contribution < 1.29 is 4.90 Å². The molecule has 1 heteroatoms. The summed E-state index contributed by atoms with van der Waals surface area (Å²) in [6.07, 6.45) is 4.42. The smallest absolute Gasteiger partial charge is 0.0883 e. The van der Waals surface area contributed by atoms with Crippen LogP contribution in [0.5, 0.6) is 0 Å². The summed E-state index contributed by atoms with van der Waals surface area (Å²) in [4.78, 5) is 1.25. The van der Waals surface area contributed by atoms with Crippen molar-refractivity contribution in [2.45, 2.75) is 27.7 Å². The Labute approximate surface area is 75.8 Å². The minimum atomic E-state index is 0.602. The summed E-state index contributed by atoms with van der Waals surface area (Å²) in [7, 11) is 4.12. The molecule has 12 heavy (non-hydrogen) atoms. The Morgan fingerprint density at radius 2 is 1.33 bits per heavy atom. The minimum Gasteiger partial charge on any atom is -0.409 e. The standard InChI is InChI=1S/C11H19N/c1-8(2)10-6-7-11(9(3)4)12(10)5/h6-9,12H,5H2,1-4H3. The molecule has 0 saturated heterocycles. The fraction of sp³-hybridized carbons (Fsp3) is 0.545. The number of hydrogen-bond acceptors (Lipinski definition) is 0. The second kappa shape index (κ2) is 3.44. The molecule has 1 nitrogen and oxygen atoms in total. The zero-order valence-electron chi connectivity index (χ0n) is 8.52. The van der Waals surface area contributed by atoms with E-state index in [1.165, 1.54) is 16.3 Å². The molecule has 1 heterocycles. The van der Waals surface area contributed by atoms with Gasteiger partial charge in [0.05, 0.1) is 11.4 Å². The minimum absolute atomic E-state index is 0.602. The van der Waals surface area contributed by atoms with E-state index in [1.807, 2.05) is 0 Å². The largest absolute Gasteiger partial charge is 0.409 e. The monoisotopic (exact) mass is 165 g/mol. The van der Waals surface area contributed by atoms with E-state index < -0.39 is 0 Å². The summed E-state index contributed by atoms with van der Waals surface area (Å²) >= 11 is 0. The first-order valence-corrected chi connectivity index (χ1v) is 4.65. The molecule has 1 aliphatic heterocycles. The quantitative estimate of drug-likeness (QED) is 0.595. The van der Waals surface area contributed by atoms with Gasteiger partial charge in [-0.25, -0.2) is 0 Å². The third kappa shape index (κ3) is 1.61. The van der Waals surface area contributed by atoms with Gasteiger partial charge in [0, 0.05) is 11.8 Å². The van der Waals surface area contributed by atoms with Crippen LogP contribution in [-0.4, -0.2) is 0 Å². The molecule has 0 bridgehead atoms. The zero-order valence-corrected chi connectivity index (χ0v) is 8.52. The molecule has 1 rings (SSSR count). The molecule has 0 aliphatic carbocycles. The summed E-state index contributed by atoms with van der Waals surface area (Å²) < 4.78 is 0. The number of nitrogens with one attached hydrogen (secondary N) is 1. The van der Waals surface area contributed by atoms with Crippen LogP contribution in [0, 0.1) is 18.9 Å². The van der Waals surface area contributed by atoms with Crippen LogP contribution in [-0.2, 0) is 0 Å². The van der Waals surface area contributed by atoms with E-state index in [1.54, 1.807) is 0 Å². The maximum absolute atomic E-state index is 4.12. The predicted octanol–water partition coefficient (Wildman–Crippen LogP) is 1.76. The lowest BCUT2D eigenvalue weighted by Gasteiger charge is -2.25. The lowest BCUT2D eigenvalue weighted by Crippen LogP contribution is -3.03. The van der Waals surface area contributed by atoms with Gasteiger partial charge in [-0.05, 0) is 12.2 Å². The maximum Gasteiger partial charge on any atom is 0.0883 e. The Morgan fingerprint density at radius 1 is 1.00 bits per heavy atom. The summed E-state index contributed by atoms with van der Waals surface area (Å²) in [6, 6.07) is 0. The van der Waals surface area contributed by atoms with E-state index in [0.717, 1.165) is 0 Å². The number of rotatable bonds is 2. The van der Waals surface area contributed by atoms with Crippen LogP contribution in [0.25, 0.3) is 0 Å². The summed E-state index contributed by atoms with van der Waals surface area (Å²) in [5, 5.41) is 0. The van der Waals surface area contributed by atoms with Gasteiger partial charge in [-0.3, -0.25) is 0 Å². The van der Waals surface area contributed by atoms with E-state index in [2.05, 4.69) is 46.9 Å². The number of allylic oxidation sites excluding steroid dienone is 4. The van der Waals surface area contributed by atoms with Gasteiger partial charge in [0.15, 0.2) is 0 Å². The summed E-state index contributed by atoms with van der Waals surface area (Å²) in [5.74, 6) is 1.20. The van der Waals surface area contributed by atoms with Gasteiger partial charge in [0.25, 0.3) is 0 Å². The predicted molar refractivity (Wildman–Crippen MR) is 52.2 cm³/mol. The normalized spacial score (nSPS) is 18.9. The molecule has 0 unspecified atom stereocenters. The SMILES string of the molecule is [CH2-][NH+]1C(C(C)C)=CC=C1C(C)C. The molecule has 1 N–H and O–H groups in total. The van der Waals surface area contributed by atoms with Crippen LogP contribution < -0.4 is 4.90 Å². The van der Waals surface area contributed by atoms with Gasteiger partial charge >= 0.3 is 0 Å². The van der Waals surface area contributed by atoms with Crippen LogP contribution in [0.2, 0.25) is 0 Å². The number of quaternary nitrogens is 1. The van der Waals surface area contributed by atoms with Crippen molar-refractivity contribution in [3.63, 3.8) is 0 Å². The molecule has 0 aromatic heterocycles. The first-order valence-electron chi connectivity index (χ1n) is 4.65. The Bertz CT molecular complexity index is 197. The summed E-state index contributed by atoms with van der Waals surface area (Å²) in [5.41, 5.74) is 2.80. The highest BCUT2D eigenvalue weighted by atomic mass is 15.1. The molecule has 0 aromatic rings. The molecule has 0 radical (unpaired) electrons. The average Bonchev–Trinajstić information content (AvgIpc) is 2.30. The van der Waals surface area contributed by atoms with Gasteiger partial charge in [-0.1, -0.05) is 27.7 Å². The van der Waals surface area contributed by atoms with Gasteiger partial charge in [0.2, 0.25) is 0 Å². The van der Waals surface area contributed by atoms with Crippen LogP contribution in [0.3, 0.4) is 0 Å². The maximum atomic E-state index is 4.12. The first-order chi connectivity index (χ1) is 5.54. The molecule has 0 spiro atoms. The zero-order chi connectivity index (χ0) is 9.30. The summed E-state index contributed by atoms with van der Waals surface area (Å²) in [6.45, 7) is 8.87. The Morgan fingerprint density at radius 3 is 1.50 bits per heavy atom.